The van der Waals surface area contributed by atoms with E-state index < -0.39 is 5.91 Å². The maximum absolute atomic E-state index is 11.5. The summed E-state index contributed by atoms with van der Waals surface area (Å²) in [6, 6.07) is 12.1. The van der Waals surface area contributed by atoms with Crippen molar-refractivity contribution in [3.63, 3.8) is 0 Å². The number of nitrogens with two attached hydrogens (primary N) is 1. The van der Waals surface area contributed by atoms with Gasteiger partial charge in [0.25, 0.3) is 0 Å². The fourth-order valence-corrected chi connectivity index (χ4v) is 4.41. The number of nitrogens with zero attached hydrogens (tertiary/aromatic N) is 3. The number of primary amides is 1. The first kappa shape index (κ1) is 23.6. The molecular weight excluding hydrogens is 430 g/mol. The van der Waals surface area contributed by atoms with Crippen LogP contribution in [0.15, 0.2) is 55.0 Å². The molecule has 8 heteroatoms. The van der Waals surface area contributed by atoms with Crippen molar-refractivity contribution in [2.24, 2.45) is 5.73 Å². The Labute approximate surface area is 200 Å². The van der Waals surface area contributed by atoms with E-state index in [0.29, 0.717) is 31.4 Å². The number of hydrogen-bond donors (Lipinski definition) is 2. The molecule has 3 aromatic rings. The van der Waals surface area contributed by atoms with E-state index in [0.717, 1.165) is 54.5 Å². The van der Waals surface area contributed by atoms with Gasteiger partial charge < -0.3 is 30.0 Å². The molecule has 0 atom stereocenters. The fraction of sp³-hybridized carbons (Fsp3) is 0.385. The minimum Gasteiger partial charge on any atom is -0.492 e. The third kappa shape index (κ3) is 5.34. The highest BCUT2D eigenvalue weighted by atomic mass is 16.5. The maximum atomic E-state index is 11.5. The number of carbonyl (C=O) groups excluding carboxylic acids is 1. The van der Waals surface area contributed by atoms with E-state index in [9.17, 15) is 4.79 Å². The van der Waals surface area contributed by atoms with Crippen LogP contribution in [0.3, 0.4) is 0 Å². The van der Waals surface area contributed by atoms with Crippen LogP contribution in [0.1, 0.15) is 42.6 Å². The molecule has 1 saturated heterocycles. The number of rotatable bonds is 10. The van der Waals surface area contributed by atoms with E-state index in [1.165, 1.54) is 0 Å². The highest BCUT2D eigenvalue weighted by Gasteiger charge is 2.24. The fourth-order valence-electron chi connectivity index (χ4n) is 4.41. The van der Waals surface area contributed by atoms with Crippen LogP contribution < -0.4 is 25.4 Å². The predicted molar refractivity (Wildman–Crippen MR) is 133 cm³/mol. The quantitative estimate of drug-likeness (QED) is 0.478. The third-order valence-corrected chi connectivity index (χ3v) is 5.99. The van der Waals surface area contributed by atoms with Gasteiger partial charge in [0.15, 0.2) is 0 Å². The molecule has 34 heavy (non-hydrogen) atoms. The van der Waals surface area contributed by atoms with Crippen LogP contribution in [0.25, 0.3) is 5.69 Å². The van der Waals surface area contributed by atoms with Gasteiger partial charge in [0.2, 0.25) is 5.91 Å². The Morgan fingerprint density at radius 3 is 2.29 bits per heavy atom. The Bertz CT molecular complexity index is 1050. The number of ether oxygens (including phenoxy) is 2. The number of aromatic nitrogens is 2. The van der Waals surface area contributed by atoms with Crippen molar-refractivity contribution in [3.8, 4) is 17.2 Å². The first-order chi connectivity index (χ1) is 16.6. The van der Waals surface area contributed by atoms with E-state index in [-0.39, 0.29) is 0 Å². The van der Waals surface area contributed by atoms with E-state index in [1.807, 2.05) is 49.0 Å². The molecule has 0 bridgehead atoms. The minimum atomic E-state index is -0.476. The molecule has 0 aliphatic carbocycles. The van der Waals surface area contributed by atoms with Gasteiger partial charge in [-0.2, -0.15) is 0 Å². The molecule has 3 heterocycles. The Hall–Kier alpha value is -3.52. The monoisotopic (exact) mass is 463 g/mol. The first-order valence-electron chi connectivity index (χ1n) is 11.9. The Morgan fingerprint density at radius 2 is 1.76 bits per heavy atom. The van der Waals surface area contributed by atoms with Crippen LogP contribution in [-0.2, 0) is 6.54 Å². The largest absolute Gasteiger partial charge is 0.492 e. The number of piperidine rings is 1. The zero-order valence-corrected chi connectivity index (χ0v) is 19.9. The summed E-state index contributed by atoms with van der Waals surface area (Å²) < 4.78 is 14.2. The van der Waals surface area contributed by atoms with E-state index in [4.69, 9.17) is 15.2 Å². The molecule has 1 fully saturated rings. The predicted octanol–water partition coefficient (Wildman–Crippen LogP) is 3.53. The number of pyridine rings is 1. The average molecular weight is 464 g/mol. The molecule has 2 aromatic heterocycles. The van der Waals surface area contributed by atoms with Gasteiger partial charge in [-0.15, -0.1) is 0 Å². The highest BCUT2D eigenvalue weighted by Crippen LogP contribution is 2.36. The molecule has 3 N–H and O–H groups in total. The van der Waals surface area contributed by atoms with Gasteiger partial charge in [0, 0.05) is 31.2 Å². The number of nitrogens with one attached hydrogen (secondary N) is 1. The first-order valence-corrected chi connectivity index (χ1v) is 11.9. The van der Waals surface area contributed by atoms with Crippen LogP contribution in [0, 0.1) is 0 Å². The SMILES string of the molecule is CCOc1cc(CN(c2ccc(C(N)=O)cn2)C2CCNCC2)cc(OCC)c1-n1cccc1. The van der Waals surface area contributed by atoms with Crippen LogP contribution in [0.2, 0.25) is 0 Å². The van der Waals surface area contributed by atoms with E-state index >= 15 is 0 Å². The molecule has 1 aliphatic heterocycles. The summed E-state index contributed by atoms with van der Waals surface area (Å²) in [7, 11) is 0. The lowest BCUT2D eigenvalue weighted by Crippen LogP contribution is -2.43. The third-order valence-electron chi connectivity index (χ3n) is 5.99. The van der Waals surface area contributed by atoms with Gasteiger partial charge in [-0.05, 0) is 81.7 Å². The van der Waals surface area contributed by atoms with Crippen molar-refractivity contribution < 1.29 is 14.3 Å². The van der Waals surface area contributed by atoms with E-state index in [1.54, 1.807) is 12.3 Å². The Kier molecular flexibility index (Phi) is 7.69. The molecule has 0 radical (unpaired) electrons. The number of anilines is 1. The molecule has 4 rings (SSSR count). The lowest BCUT2D eigenvalue weighted by molar-refractivity contribution is 0.1000. The zero-order valence-electron chi connectivity index (χ0n) is 19.9. The lowest BCUT2D eigenvalue weighted by Gasteiger charge is -2.36. The summed E-state index contributed by atoms with van der Waals surface area (Å²) in [6.45, 7) is 7.63. The van der Waals surface area contributed by atoms with Crippen molar-refractivity contribution in [2.75, 3.05) is 31.2 Å². The smallest absolute Gasteiger partial charge is 0.250 e. The molecule has 1 aliphatic rings. The van der Waals surface area contributed by atoms with Crippen LogP contribution in [-0.4, -0.2) is 47.8 Å². The molecule has 0 saturated carbocycles. The van der Waals surface area contributed by atoms with Crippen molar-refractivity contribution in [3.05, 3.63) is 66.1 Å². The average Bonchev–Trinajstić information content (AvgIpc) is 3.38. The van der Waals surface area contributed by atoms with Crippen molar-refractivity contribution in [1.29, 1.82) is 0 Å². The lowest BCUT2D eigenvalue weighted by atomic mass is 10.0. The second-order valence-electron chi connectivity index (χ2n) is 8.28. The molecule has 1 aromatic carbocycles. The van der Waals surface area contributed by atoms with Gasteiger partial charge >= 0.3 is 0 Å². The van der Waals surface area contributed by atoms with Gasteiger partial charge in [0.1, 0.15) is 23.0 Å². The number of amides is 1. The van der Waals surface area contributed by atoms with Crippen molar-refractivity contribution in [1.82, 2.24) is 14.9 Å². The summed E-state index contributed by atoms with van der Waals surface area (Å²) in [5.41, 5.74) is 7.79. The van der Waals surface area contributed by atoms with E-state index in [2.05, 4.69) is 27.3 Å². The summed E-state index contributed by atoms with van der Waals surface area (Å²) >= 11 is 0. The zero-order chi connectivity index (χ0) is 23.9. The number of carbonyl (C=O) groups is 1. The van der Waals surface area contributed by atoms with Gasteiger partial charge in [-0.1, -0.05) is 0 Å². The van der Waals surface area contributed by atoms with Gasteiger partial charge in [-0.25, -0.2) is 4.98 Å². The highest BCUT2D eigenvalue weighted by molar-refractivity contribution is 5.92. The van der Waals surface area contributed by atoms with Crippen LogP contribution >= 0.6 is 0 Å². The second-order valence-corrected chi connectivity index (χ2v) is 8.28. The maximum Gasteiger partial charge on any atom is 0.250 e. The van der Waals surface area contributed by atoms with Gasteiger partial charge in [0.05, 0.1) is 18.8 Å². The Morgan fingerprint density at radius 1 is 1.12 bits per heavy atom. The van der Waals surface area contributed by atoms with Crippen LogP contribution in [0.5, 0.6) is 11.5 Å². The molecule has 1 amide bonds. The summed E-state index contributed by atoms with van der Waals surface area (Å²) in [4.78, 5) is 18.4. The topological polar surface area (TPSA) is 94.6 Å². The Balaban J connectivity index is 1.73. The second kappa shape index (κ2) is 11.1. The molecular formula is C26H33N5O3. The molecule has 180 valence electrons. The minimum absolute atomic E-state index is 0.323. The molecule has 0 spiro atoms. The summed E-state index contributed by atoms with van der Waals surface area (Å²) in [5.74, 6) is 1.90. The summed E-state index contributed by atoms with van der Waals surface area (Å²) in [5, 5.41) is 3.43. The molecule has 0 unspecified atom stereocenters. The molecule has 8 nitrogen and oxygen atoms in total. The standard InChI is InChI=1S/C26H33N5O3/c1-3-33-22-15-19(16-23(34-4-2)25(22)30-13-5-6-14-30)18-31(21-9-11-28-12-10-21)24-8-7-20(17-29-24)26(27)32/h5-8,13-17,21,28H,3-4,9-12,18H2,1-2H3,(H2,27,32). The van der Waals surface area contributed by atoms with Crippen molar-refractivity contribution in [2.45, 2.75) is 39.3 Å². The van der Waals surface area contributed by atoms with Crippen LogP contribution in [0.4, 0.5) is 5.82 Å². The normalized spacial score (nSPS) is 14.1. The number of benzene rings is 1. The van der Waals surface area contributed by atoms with Gasteiger partial charge in [-0.3, -0.25) is 4.79 Å². The van der Waals surface area contributed by atoms with Crippen molar-refractivity contribution >= 4 is 11.7 Å². The number of hydrogen-bond acceptors (Lipinski definition) is 6. The summed E-state index contributed by atoms with van der Waals surface area (Å²) in [6.07, 6.45) is 7.56.